The monoisotopic (exact) mass is 146 g/mol. The molecule has 0 saturated heterocycles. The summed E-state index contributed by atoms with van der Waals surface area (Å²) in [6.07, 6.45) is -2.67. The van der Waals surface area contributed by atoms with E-state index in [0.717, 1.165) is 0 Å². The normalized spacial score (nSPS) is 14.5. The van der Waals surface area contributed by atoms with Gasteiger partial charge in [0, 0.05) is 0 Å². The van der Waals surface area contributed by atoms with E-state index in [0.29, 0.717) is 0 Å². The van der Waals surface area contributed by atoms with Crippen LogP contribution in [0.4, 0.5) is 8.78 Å². The van der Waals surface area contributed by atoms with Gasteiger partial charge in [-0.1, -0.05) is 0 Å². The van der Waals surface area contributed by atoms with Crippen molar-refractivity contribution in [2.45, 2.75) is 6.43 Å². The number of hydrogen-bond acceptors (Lipinski definition) is 2. The molecule has 6 heteroatoms. The fraction of sp³-hybridized carbons (Fsp3) is 1.00. The lowest BCUT2D eigenvalue weighted by molar-refractivity contribution is 0.0797. The van der Waals surface area contributed by atoms with Gasteiger partial charge in [0.2, 0.25) is 0 Å². The van der Waals surface area contributed by atoms with Crippen molar-refractivity contribution in [2.24, 2.45) is 0 Å². The first kappa shape index (κ1) is 8.01. The maximum atomic E-state index is 11.0. The summed E-state index contributed by atoms with van der Waals surface area (Å²) in [6.45, 7) is -0.964. The molecule has 8 heavy (non-hydrogen) atoms. The third-order valence-corrected chi connectivity index (χ3v) is 0.746. The van der Waals surface area contributed by atoms with Crippen LogP contribution >= 0.6 is 8.25 Å². The van der Waals surface area contributed by atoms with E-state index in [1.165, 1.54) is 0 Å². The zero-order valence-electron chi connectivity index (χ0n) is 3.80. The first-order chi connectivity index (χ1) is 3.63. The van der Waals surface area contributed by atoms with E-state index in [9.17, 15) is 13.3 Å². The van der Waals surface area contributed by atoms with Gasteiger partial charge < -0.3 is 9.42 Å². The van der Waals surface area contributed by atoms with Crippen molar-refractivity contribution >= 4 is 8.25 Å². The number of halogens is 2. The minimum absolute atomic E-state index is 0.964. The van der Waals surface area contributed by atoms with Gasteiger partial charge in [-0.3, -0.25) is 4.57 Å². The summed E-state index contributed by atoms with van der Waals surface area (Å²) in [6, 6.07) is 0. The second-order valence-corrected chi connectivity index (χ2v) is 1.79. The molecule has 0 heterocycles. The van der Waals surface area contributed by atoms with Crippen LogP contribution in [0.15, 0.2) is 0 Å². The molecule has 0 saturated carbocycles. The lowest BCUT2D eigenvalue weighted by atomic mass is 10.8. The SMILES string of the molecule is O=[PH](O)OCC(F)F. The van der Waals surface area contributed by atoms with Gasteiger partial charge in [-0.2, -0.15) is 0 Å². The Morgan fingerprint density at radius 2 is 2.25 bits per heavy atom. The Bertz CT molecular complexity index is 85.4. The average Bonchev–Trinajstić information content (AvgIpc) is 1.61. The average molecular weight is 146 g/mol. The summed E-state index contributed by atoms with van der Waals surface area (Å²) in [7, 11) is -3.16. The topological polar surface area (TPSA) is 46.5 Å². The molecule has 3 nitrogen and oxygen atoms in total. The van der Waals surface area contributed by atoms with Gasteiger partial charge in [-0.05, 0) is 0 Å². The van der Waals surface area contributed by atoms with Gasteiger partial charge in [0.05, 0.1) is 0 Å². The van der Waals surface area contributed by atoms with Crippen LogP contribution in [0.5, 0.6) is 0 Å². The molecule has 0 aliphatic carbocycles. The van der Waals surface area contributed by atoms with E-state index in [2.05, 4.69) is 4.52 Å². The summed E-state index contributed by atoms with van der Waals surface area (Å²) < 4.78 is 35.3. The summed E-state index contributed by atoms with van der Waals surface area (Å²) in [5.41, 5.74) is 0. The fourth-order valence-corrected chi connectivity index (χ4v) is 0.403. The molecular weight excluding hydrogens is 141 g/mol. The van der Waals surface area contributed by atoms with E-state index < -0.39 is 21.3 Å². The minimum Gasteiger partial charge on any atom is -0.326 e. The molecule has 0 amide bonds. The third kappa shape index (κ3) is 6.01. The van der Waals surface area contributed by atoms with Crippen molar-refractivity contribution in [1.29, 1.82) is 0 Å². The van der Waals surface area contributed by atoms with Crippen LogP contribution in [0, 0.1) is 0 Å². The van der Waals surface area contributed by atoms with Crippen LogP contribution in [0.2, 0.25) is 0 Å². The van der Waals surface area contributed by atoms with Gasteiger partial charge in [-0.25, -0.2) is 8.78 Å². The fourth-order valence-electron chi connectivity index (χ4n) is 0.134. The largest absolute Gasteiger partial charge is 0.326 e. The summed E-state index contributed by atoms with van der Waals surface area (Å²) in [5.74, 6) is 0. The van der Waals surface area contributed by atoms with Crippen LogP contribution in [0.25, 0.3) is 0 Å². The predicted octanol–water partition coefficient (Wildman–Crippen LogP) is 0.650. The second kappa shape index (κ2) is 3.95. The molecule has 0 spiro atoms. The Hall–Kier alpha value is 0.01000. The van der Waals surface area contributed by atoms with Gasteiger partial charge in [0.1, 0.15) is 6.61 Å². The van der Waals surface area contributed by atoms with Crippen molar-refractivity contribution in [3.8, 4) is 0 Å². The van der Waals surface area contributed by atoms with Gasteiger partial charge in [0.15, 0.2) is 0 Å². The number of hydrogen-bond donors (Lipinski definition) is 1. The van der Waals surface area contributed by atoms with E-state index in [4.69, 9.17) is 4.89 Å². The van der Waals surface area contributed by atoms with E-state index in [1.54, 1.807) is 0 Å². The molecule has 1 N–H and O–H groups in total. The Balaban J connectivity index is 3.05. The first-order valence-corrected chi connectivity index (χ1v) is 3.03. The van der Waals surface area contributed by atoms with E-state index in [1.807, 2.05) is 0 Å². The highest BCUT2D eigenvalue weighted by Gasteiger charge is 2.02. The molecule has 0 rings (SSSR count). The molecule has 0 aromatic rings. The highest BCUT2D eigenvalue weighted by atomic mass is 31.1. The maximum absolute atomic E-state index is 11.0. The Morgan fingerprint density at radius 1 is 1.75 bits per heavy atom. The van der Waals surface area contributed by atoms with E-state index >= 15 is 0 Å². The lowest BCUT2D eigenvalue weighted by Crippen LogP contribution is -1.98. The maximum Gasteiger partial charge on any atom is 0.316 e. The molecule has 1 atom stereocenters. The Morgan fingerprint density at radius 3 is 2.38 bits per heavy atom. The van der Waals surface area contributed by atoms with Crippen molar-refractivity contribution in [3.05, 3.63) is 0 Å². The van der Waals surface area contributed by atoms with Crippen molar-refractivity contribution in [2.75, 3.05) is 6.61 Å². The number of alkyl halides is 2. The summed E-state index contributed by atoms with van der Waals surface area (Å²) >= 11 is 0. The van der Waals surface area contributed by atoms with Crippen LogP contribution in [0.1, 0.15) is 0 Å². The van der Waals surface area contributed by atoms with Crippen LogP contribution in [0.3, 0.4) is 0 Å². The molecule has 0 radical (unpaired) electrons. The smallest absolute Gasteiger partial charge is 0.316 e. The minimum atomic E-state index is -3.16. The second-order valence-electron chi connectivity index (χ2n) is 0.968. The molecule has 0 aliphatic heterocycles. The van der Waals surface area contributed by atoms with Crippen LogP contribution < -0.4 is 0 Å². The number of rotatable bonds is 3. The first-order valence-electron chi connectivity index (χ1n) is 1.77. The molecule has 1 unspecified atom stereocenters. The molecule has 0 fully saturated rings. The van der Waals surface area contributed by atoms with Crippen molar-refractivity contribution in [1.82, 2.24) is 0 Å². The lowest BCUT2D eigenvalue weighted by Gasteiger charge is -1.94. The third-order valence-electron chi connectivity index (χ3n) is 0.333. The highest BCUT2D eigenvalue weighted by Crippen LogP contribution is 2.14. The summed E-state index contributed by atoms with van der Waals surface area (Å²) in [5, 5.41) is 0. The van der Waals surface area contributed by atoms with Crippen LogP contribution in [-0.2, 0) is 9.09 Å². The molecule has 0 bridgehead atoms. The van der Waals surface area contributed by atoms with Crippen molar-refractivity contribution in [3.63, 3.8) is 0 Å². The Labute approximate surface area is 45.2 Å². The molecule has 50 valence electrons. The molecular formula is C2H5F2O3P. The van der Waals surface area contributed by atoms with E-state index in [-0.39, 0.29) is 0 Å². The zero-order chi connectivity index (χ0) is 6.57. The molecule has 0 aromatic carbocycles. The Kier molecular flexibility index (Phi) is 3.95. The van der Waals surface area contributed by atoms with Crippen molar-refractivity contribution < 1.29 is 22.8 Å². The highest BCUT2D eigenvalue weighted by molar-refractivity contribution is 7.32. The zero-order valence-corrected chi connectivity index (χ0v) is 4.80. The standard InChI is InChI=1S/C2H5F2O3P/c3-2(4)1-7-8(5)6/h2,8H,1H2,(H,5,6). The molecule has 0 aliphatic rings. The molecule has 0 aromatic heterocycles. The predicted molar refractivity (Wildman–Crippen MR) is 23.2 cm³/mol. The van der Waals surface area contributed by atoms with Crippen LogP contribution in [-0.4, -0.2) is 17.9 Å². The van der Waals surface area contributed by atoms with Gasteiger partial charge in [0.25, 0.3) is 6.43 Å². The quantitative estimate of drug-likeness (QED) is 0.594. The summed E-state index contributed by atoms with van der Waals surface area (Å²) in [4.78, 5) is 7.79. The van der Waals surface area contributed by atoms with Gasteiger partial charge >= 0.3 is 8.25 Å². The van der Waals surface area contributed by atoms with Gasteiger partial charge in [-0.15, -0.1) is 0 Å².